The third kappa shape index (κ3) is 2.65. The Balaban J connectivity index is 1.45. The van der Waals surface area contributed by atoms with Crippen molar-refractivity contribution < 1.29 is 13.9 Å². The first-order chi connectivity index (χ1) is 11.2. The van der Waals surface area contributed by atoms with Crippen molar-refractivity contribution in [3.63, 3.8) is 0 Å². The lowest BCUT2D eigenvalue weighted by Crippen LogP contribution is -2.37. The van der Waals surface area contributed by atoms with Crippen LogP contribution in [0.4, 0.5) is 0 Å². The molecule has 3 heterocycles. The van der Waals surface area contributed by atoms with Crippen LogP contribution in [0.1, 0.15) is 59.9 Å². The topological polar surface area (TPSA) is 82.2 Å². The van der Waals surface area contributed by atoms with E-state index in [0.717, 1.165) is 25.1 Å². The number of oxazole rings is 1. The van der Waals surface area contributed by atoms with Crippen molar-refractivity contribution in [1.29, 1.82) is 0 Å². The quantitative estimate of drug-likeness (QED) is 0.932. The van der Waals surface area contributed by atoms with Crippen molar-refractivity contribution in [1.82, 2.24) is 19.9 Å². The average Bonchev–Trinajstić information content (AvgIpc) is 3.18. The second-order valence-electron chi connectivity index (χ2n) is 6.26. The number of hydrogen-bond donors (Lipinski definition) is 1. The van der Waals surface area contributed by atoms with Crippen molar-refractivity contribution in [2.75, 3.05) is 6.61 Å². The van der Waals surface area contributed by atoms with Crippen LogP contribution in [0, 0.1) is 0 Å². The number of ether oxygens (including phenoxy) is 1. The number of aromatic nitrogens is 3. The normalized spacial score (nSPS) is 24.6. The summed E-state index contributed by atoms with van der Waals surface area (Å²) in [6.45, 7) is 0.606. The lowest BCUT2D eigenvalue weighted by atomic mass is 9.85. The molecular weight excluding hydrogens is 296 g/mol. The van der Waals surface area contributed by atoms with Crippen molar-refractivity contribution in [2.45, 2.75) is 43.7 Å². The molecule has 0 aromatic carbocycles. The van der Waals surface area contributed by atoms with E-state index in [1.807, 2.05) is 17.8 Å². The molecule has 1 saturated carbocycles. The maximum Gasteiger partial charge on any atom is 0.273 e. The van der Waals surface area contributed by atoms with Crippen molar-refractivity contribution >= 4 is 5.91 Å². The fourth-order valence-corrected chi connectivity index (χ4v) is 3.12. The van der Waals surface area contributed by atoms with E-state index < -0.39 is 0 Å². The fourth-order valence-electron chi connectivity index (χ4n) is 3.12. The molecule has 2 aromatic rings. The summed E-state index contributed by atoms with van der Waals surface area (Å²) in [7, 11) is 1.92. The molecule has 2 atom stereocenters. The Morgan fingerprint density at radius 1 is 1.39 bits per heavy atom. The summed E-state index contributed by atoms with van der Waals surface area (Å²) in [4.78, 5) is 21.1. The number of aryl methyl sites for hydroxylation is 1. The summed E-state index contributed by atoms with van der Waals surface area (Å²) in [5.41, 5.74) is 0.345. The summed E-state index contributed by atoms with van der Waals surface area (Å²) in [6.07, 6.45) is 9.00. The molecule has 2 fully saturated rings. The van der Waals surface area contributed by atoms with Gasteiger partial charge in [-0.25, -0.2) is 9.97 Å². The number of nitrogens with one attached hydrogen (secondary N) is 1. The fraction of sp³-hybridized carbons (Fsp3) is 0.562. The number of carbonyl (C=O) groups is 1. The van der Waals surface area contributed by atoms with E-state index in [1.54, 1.807) is 6.20 Å². The maximum atomic E-state index is 12.4. The molecule has 0 bridgehead atoms. The third-order valence-corrected chi connectivity index (χ3v) is 4.73. The van der Waals surface area contributed by atoms with Crippen molar-refractivity contribution in [3.8, 4) is 0 Å². The predicted octanol–water partition coefficient (Wildman–Crippen LogP) is 1.94. The molecule has 1 saturated heterocycles. The van der Waals surface area contributed by atoms with Gasteiger partial charge >= 0.3 is 0 Å². The van der Waals surface area contributed by atoms with Crippen LogP contribution in [0.25, 0.3) is 0 Å². The maximum absolute atomic E-state index is 12.4. The van der Waals surface area contributed by atoms with Crippen LogP contribution in [0.15, 0.2) is 23.1 Å². The molecular formula is C16H20N4O3. The lowest BCUT2D eigenvalue weighted by Gasteiger charge is -2.21. The van der Waals surface area contributed by atoms with Gasteiger partial charge in [0.1, 0.15) is 18.2 Å². The smallest absolute Gasteiger partial charge is 0.273 e. The van der Waals surface area contributed by atoms with Gasteiger partial charge in [0.2, 0.25) is 0 Å². The molecule has 1 aliphatic heterocycles. The third-order valence-electron chi connectivity index (χ3n) is 4.73. The molecule has 0 radical (unpaired) electrons. The predicted molar refractivity (Wildman–Crippen MR) is 80.9 cm³/mol. The van der Waals surface area contributed by atoms with Gasteiger partial charge in [0.05, 0.1) is 6.04 Å². The summed E-state index contributed by atoms with van der Waals surface area (Å²) in [6, 6.07) is -0.104. The number of imidazole rings is 1. The van der Waals surface area contributed by atoms with E-state index in [-0.39, 0.29) is 18.1 Å². The van der Waals surface area contributed by atoms with Gasteiger partial charge < -0.3 is 19.0 Å². The van der Waals surface area contributed by atoms with Crippen LogP contribution < -0.4 is 5.32 Å². The molecule has 7 heteroatoms. The molecule has 23 heavy (non-hydrogen) atoms. The summed E-state index contributed by atoms with van der Waals surface area (Å²) >= 11 is 0. The van der Waals surface area contributed by atoms with Gasteiger partial charge in [0, 0.05) is 32.0 Å². The molecule has 1 N–H and O–H groups in total. The Kier molecular flexibility index (Phi) is 3.65. The first-order valence-electron chi connectivity index (χ1n) is 8.07. The largest absolute Gasteiger partial charge is 0.448 e. The van der Waals surface area contributed by atoms with Gasteiger partial charge in [-0.3, -0.25) is 4.79 Å². The minimum absolute atomic E-state index is 0.104. The number of hydrogen-bond acceptors (Lipinski definition) is 5. The van der Waals surface area contributed by atoms with E-state index >= 15 is 0 Å². The molecule has 0 unspecified atom stereocenters. The van der Waals surface area contributed by atoms with Gasteiger partial charge in [0.25, 0.3) is 5.91 Å². The van der Waals surface area contributed by atoms with E-state index in [9.17, 15) is 4.79 Å². The number of amides is 1. The molecule has 4 rings (SSSR count). The van der Waals surface area contributed by atoms with Gasteiger partial charge in [-0.2, -0.15) is 0 Å². The molecule has 1 amide bonds. The zero-order valence-corrected chi connectivity index (χ0v) is 13.1. The standard InChI is InChI=1S/C16H20N4O3/c1-20-7-6-17-14(20)13-11(5-8-22-13)18-15(21)12-9-23-16(19-12)10-3-2-4-10/h6-7,9-11,13H,2-5,8H2,1H3,(H,18,21)/t11-,13-/m0/s1. The Morgan fingerprint density at radius 3 is 2.96 bits per heavy atom. The van der Waals surface area contributed by atoms with Crippen molar-refractivity contribution in [2.24, 2.45) is 7.05 Å². The summed E-state index contributed by atoms with van der Waals surface area (Å²) in [5, 5.41) is 3.01. The number of carbonyl (C=O) groups excluding carboxylic acids is 1. The van der Waals surface area contributed by atoms with E-state index in [0.29, 0.717) is 24.1 Å². The molecule has 2 aromatic heterocycles. The Bertz CT molecular complexity index is 704. The molecule has 0 spiro atoms. The Hall–Kier alpha value is -2.15. The van der Waals surface area contributed by atoms with Crippen LogP contribution in [-0.4, -0.2) is 33.1 Å². The van der Waals surface area contributed by atoms with E-state index in [2.05, 4.69) is 15.3 Å². The van der Waals surface area contributed by atoms with Gasteiger partial charge in [-0.05, 0) is 19.3 Å². The van der Waals surface area contributed by atoms with E-state index in [1.165, 1.54) is 12.7 Å². The highest BCUT2D eigenvalue weighted by Gasteiger charge is 2.34. The summed E-state index contributed by atoms with van der Waals surface area (Å²) in [5.74, 6) is 1.67. The second-order valence-corrected chi connectivity index (χ2v) is 6.26. The second kappa shape index (κ2) is 5.81. The van der Waals surface area contributed by atoms with Crippen LogP contribution in [0.2, 0.25) is 0 Å². The van der Waals surface area contributed by atoms with Gasteiger partial charge in [0.15, 0.2) is 11.6 Å². The van der Waals surface area contributed by atoms with Crippen LogP contribution in [0.5, 0.6) is 0 Å². The SMILES string of the molecule is Cn1ccnc1[C@H]1OCC[C@@H]1NC(=O)c1coc(C2CCC2)n1. The monoisotopic (exact) mass is 316 g/mol. The molecule has 122 valence electrons. The lowest BCUT2D eigenvalue weighted by molar-refractivity contribution is 0.0776. The zero-order valence-electron chi connectivity index (χ0n) is 13.1. The highest BCUT2D eigenvalue weighted by atomic mass is 16.5. The summed E-state index contributed by atoms with van der Waals surface area (Å²) < 4.78 is 13.1. The van der Waals surface area contributed by atoms with Gasteiger partial charge in [-0.15, -0.1) is 0 Å². The highest BCUT2D eigenvalue weighted by molar-refractivity contribution is 5.92. The average molecular weight is 316 g/mol. The number of nitrogens with zero attached hydrogens (tertiary/aromatic N) is 3. The Morgan fingerprint density at radius 2 is 2.26 bits per heavy atom. The van der Waals surface area contributed by atoms with Crippen LogP contribution >= 0.6 is 0 Å². The van der Waals surface area contributed by atoms with Crippen molar-refractivity contribution in [3.05, 3.63) is 36.1 Å². The van der Waals surface area contributed by atoms with E-state index in [4.69, 9.17) is 9.15 Å². The molecule has 1 aliphatic carbocycles. The highest BCUT2D eigenvalue weighted by Crippen LogP contribution is 2.35. The minimum Gasteiger partial charge on any atom is -0.448 e. The zero-order chi connectivity index (χ0) is 15.8. The first kappa shape index (κ1) is 14.4. The van der Waals surface area contributed by atoms with Gasteiger partial charge in [-0.1, -0.05) is 6.42 Å². The minimum atomic E-state index is -0.225. The van der Waals surface area contributed by atoms with Crippen LogP contribution in [-0.2, 0) is 11.8 Å². The van der Waals surface area contributed by atoms with Crippen LogP contribution in [0.3, 0.4) is 0 Å². The Labute approximate surface area is 134 Å². The molecule has 2 aliphatic rings. The first-order valence-corrected chi connectivity index (χ1v) is 8.07. The number of rotatable bonds is 4. The molecule has 7 nitrogen and oxygen atoms in total.